The molecule has 1 amide bonds. The van der Waals surface area contributed by atoms with E-state index in [0.29, 0.717) is 32.1 Å². The molecule has 5 nitrogen and oxygen atoms in total. The lowest BCUT2D eigenvalue weighted by Gasteiger charge is -2.12. The highest BCUT2D eigenvalue weighted by molar-refractivity contribution is 14.1. The molecule has 0 radical (unpaired) electrons. The van der Waals surface area contributed by atoms with Gasteiger partial charge in [0.05, 0.1) is 19.7 Å². The third kappa shape index (κ3) is 6.10. The number of carbonyl (C=O) groups excluding carboxylic acids is 1. The van der Waals surface area contributed by atoms with E-state index in [0.717, 1.165) is 9.13 Å². The SMILES string of the molecule is N#C/C(=C\c1cc(Br)c(OCc2ccccc2C#N)c(I)c1)C(=O)Nc1cccc(Cl)c1. The average molecular weight is 619 g/mol. The van der Waals surface area contributed by atoms with Gasteiger partial charge in [-0.15, -0.1) is 0 Å². The molecule has 0 saturated heterocycles. The van der Waals surface area contributed by atoms with E-state index in [-0.39, 0.29) is 12.2 Å². The zero-order valence-corrected chi connectivity index (χ0v) is 20.9. The van der Waals surface area contributed by atoms with Gasteiger partial charge in [-0.05, 0) is 86.6 Å². The average Bonchev–Trinajstić information content (AvgIpc) is 2.77. The Morgan fingerprint density at radius 1 is 1.16 bits per heavy atom. The van der Waals surface area contributed by atoms with E-state index in [1.165, 1.54) is 6.08 Å². The first-order valence-electron chi connectivity index (χ1n) is 9.20. The molecule has 158 valence electrons. The van der Waals surface area contributed by atoms with E-state index in [1.54, 1.807) is 48.5 Å². The Labute approximate surface area is 212 Å². The number of ether oxygens (including phenoxy) is 1. The highest BCUT2D eigenvalue weighted by Gasteiger charge is 2.13. The molecule has 3 aromatic carbocycles. The number of rotatable bonds is 6. The molecule has 0 aliphatic carbocycles. The van der Waals surface area contributed by atoms with Crippen molar-refractivity contribution in [1.82, 2.24) is 0 Å². The van der Waals surface area contributed by atoms with Crippen molar-refractivity contribution in [2.45, 2.75) is 6.61 Å². The van der Waals surface area contributed by atoms with Crippen LogP contribution in [0.1, 0.15) is 16.7 Å². The second kappa shape index (κ2) is 11.1. The van der Waals surface area contributed by atoms with Gasteiger partial charge in [-0.3, -0.25) is 4.79 Å². The van der Waals surface area contributed by atoms with Crippen molar-refractivity contribution >= 4 is 67.8 Å². The summed E-state index contributed by atoms with van der Waals surface area (Å²) in [7, 11) is 0. The third-order valence-corrected chi connectivity index (χ3v) is 5.91. The number of nitriles is 2. The van der Waals surface area contributed by atoms with Crippen LogP contribution in [-0.4, -0.2) is 5.91 Å². The van der Waals surface area contributed by atoms with Crippen LogP contribution in [0.4, 0.5) is 5.69 Å². The fourth-order valence-electron chi connectivity index (χ4n) is 2.79. The van der Waals surface area contributed by atoms with Crippen molar-refractivity contribution in [3.05, 3.63) is 96.0 Å². The minimum Gasteiger partial charge on any atom is -0.487 e. The van der Waals surface area contributed by atoms with Gasteiger partial charge in [-0.25, -0.2) is 0 Å². The van der Waals surface area contributed by atoms with Crippen LogP contribution in [0.5, 0.6) is 5.75 Å². The van der Waals surface area contributed by atoms with Crippen LogP contribution in [0.2, 0.25) is 5.02 Å². The van der Waals surface area contributed by atoms with Gasteiger partial charge in [0.25, 0.3) is 5.91 Å². The fourth-order valence-corrected chi connectivity index (χ4v) is 4.74. The molecule has 3 rings (SSSR count). The first-order chi connectivity index (χ1) is 15.4. The smallest absolute Gasteiger partial charge is 0.266 e. The third-order valence-electron chi connectivity index (χ3n) is 4.29. The molecule has 8 heteroatoms. The number of benzene rings is 3. The predicted octanol–water partition coefficient (Wildman–Crippen LogP) is 6.70. The molecule has 0 aliphatic heterocycles. The molecule has 3 aromatic rings. The summed E-state index contributed by atoms with van der Waals surface area (Å²) in [5, 5.41) is 21.9. The van der Waals surface area contributed by atoms with Gasteiger partial charge in [0.1, 0.15) is 24.0 Å². The van der Waals surface area contributed by atoms with E-state index >= 15 is 0 Å². The Balaban J connectivity index is 1.79. The summed E-state index contributed by atoms with van der Waals surface area (Å²) in [6.45, 7) is 0.235. The Morgan fingerprint density at radius 3 is 2.62 bits per heavy atom. The molecule has 0 spiro atoms. The van der Waals surface area contributed by atoms with Gasteiger partial charge >= 0.3 is 0 Å². The lowest BCUT2D eigenvalue weighted by Crippen LogP contribution is -2.13. The van der Waals surface area contributed by atoms with Gasteiger partial charge in [0.2, 0.25) is 0 Å². The highest BCUT2D eigenvalue weighted by atomic mass is 127. The van der Waals surface area contributed by atoms with Gasteiger partial charge in [-0.1, -0.05) is 35.9 Å². The standard InChI is InChI=1S/C24H14BrClIN3O2/c25-21-9-15(8-18(13-29)24(31)30-20-7-3-6-19(26)11-20)10-22(27)23(21)32-14-17-5-2-1-4-16(17)12-28/h1-11H,14H2,(H,30,31)/b18-8+. The molecule has 0 bridgehead atoms. The van der Waals surface area contributed by atoms with Crippen LogP contribution in [-0.2, 0) is 11.4 Å². The molecule has 1 N–H and O–H groups in total. The molecular weight excluding hydrogens is 605 g/mol. The molecule has 0 saturated carbocycles. The van der Waals surface area contributed by atoms with Gasteiger partial charge in [0.15, 0.2) is 0 Å². The summed E-state index contributed by atoms with van der Waals surface area (Å²) in [5.41, 5.74) is 2.45. The second-order valence-electron chi connectivity index (χ2n) is 6.51. The van der Waals surface area contributed by atoms with E-state index in [1.807, 2.05) is 18.2 Å². The normalized spacial score (nSPS) is 10.7. The Bertz CT molecular complexity index is 1270. The largest absolute Gasteiger partial charge is 0.487 e. The van der Waals surface area contributed by atoms with Crippen molar-refractivity contribution in [3.8, 4) is 17.9 Å². The molecule has 0 aromatic heterocycles. The highest BCUT2D eigenvalue weighted by Crippen LogP contribution is 2.33. The number of anilines is 1. The Kier molecular flexibility index (Phi) is 8.29. The quantitative estimate of drug-likeness (QED) is 0.189. The predicted molar refractivity (Wildman–Crippen MR) is 136 cm³/mol. The van der Waals surface area contributed by atoms with Crippen LogP contribution in [0.25, 0.3) is 6.08 Å². The van der Waals surface area contributed by atoms with E-state index in [9.17, 15) is 15.3 Å². The summed E-state index contributed by atoms with van der Waals surface area (Å²) in [6.07, 6.45) is 1.50. The van der Waals surface area contributed by atoms with Crippen molar-refractivity contribution in [1.29, 1.82) is 10.5 Å². The number of carbonyl (C=O) groups is 1. The second-order valence-corrected chi connectivity index (χ2v) is 8.96. The number of nitrogens with one attached hydrogen (secondary N) is 1. The van der Waals surface area contributed by atoms with Crippen LogP contribution in [0, 0.1) is 26.2 Å². The zero-order chi connectivity index (χ0) is 23.1. The summed E-state index contributed by atoms with van der Waals surface area (Å²) in [5.74, 6) is 0.0757. The molecule has 0 unspecified atom stereocenters. The number of nitrogens with zero attached hydrogens (tertiary/aromatic N) is 2. The first kappa shape index (κ1) is 23.8. The van der Waals surface area contributed by atoms with Crippen molar-refractivity contribution < 1.29 is 9.53 Å². The van der Waals surface area contributed by atoms with Crippen LogP contribution < -0.4 is 10.1 Å². The van der Waals surface area contributed by atoms with E-state index < -0.39 is 5.91 Å². The molecule has 0 fully saturated rings. The molecule has 0 atom stereocenters. The molecule has 0 heterocycles. The van der Waals surface area contributed by atoms with Crippen LogP contribution in [0.15, 0.2) is 70.7 Å². The maximum Gasteiger partial charge on any atom is 0.266 e. The minimum atomic E-state index is -0.533. The van der Waals surface area contributed by atoms with Crippen molar-refractivity contribution in [2.75, 3.05) is 5.32 Å². The number of hydrogen-bond donors (Lipinski definition) is 1. The van der Waals surface area contributed by atoms with Gasteiger partial charge in [0, 0.05) is 16.3 Å². The topological polar surface area (TPSA) is 85.9 Å². The lowest BCUT2D eigenvalue weighted by atomic mass is 10.1. The lowest BCUT2D eigenvalue weighted by molar-refractivity contribution is -0.112. The van der Waals surface area contributed by atoms with E-state index in [2.05, 4.69) is 49.9 Å². The van der Waals surface area contributed by atoms with Crippen molar-refractivity contribution in [3.63, 3.8) is 0 Å². The maximum atomic E-state index is 12.5. The Morgan fingerprint density at radius 2 is 1.94 bits per heavy atom. The number of halogens is 3. The maximum absolute atomic E-state index is 12.5. The van der Waals surface area contributed by atoms with Gasteiger partial charge in [-0.2, -0.15) is 10.5 Å². The summed E-state index contributed by atoms with van der Waals surface area (Å²) in [6, 6.07) is 21.6. The van der Waals surface area contributed by atoms with Gasteiger partial charge < -0.3 is 10.1 Å². The van der Waals surface area contributed by atoms with Crippen LogP contribution >= 0.6 is 50.1 Å². The molecular formula is C24H14BrClIN3O2. The summed E-state index contributed by atoms with van der Waals surface area (Å²) < 4.78 is 7.38. The Hall–Kier alpha value is -2.85. The molecule has 0 aliphatic rings. The molecule has 32 heavy (non-hydrogen) atoms. The number of hydrogen-bond acceptors (Lipinski definition) is 4. The van der Waals surface area contributed by atoms with Crippen molar-refractivity contribution in [2.24, 2.45) is 0 Å². The summed E-state index contributed by atoms with van der Waals surface area (Å²) >= 11 is 11.6. The van der Waals surface area contributed by atoms with Crippen LogP contribution in [0.3, 0.4) is 0 Å². The van der Waals surface area contributed by atoms with E-state index in [4.69, 9.17) is 16.3 Å². The summed E-state index contributed by atoms with van der Waals surface area (Å²) in [4.78, 5) is 12.5. The fraction of sp³-hybridized carbons (Fsp3) is 0.0417. The minimum absolute atomic E-state index is 0.0516. The number of amides is 1. The first-order valence-corrected chi connectivity index (χ1v) is 11.4. The zero-order valence-electron chi connectivity index (χ0n) is 16.4. The monoisotopic (exact) mass is 617 g/mol.